The summed E-state index contributed by atoms with van der Waals surface area (Å²) < 4.78 is 19.9. The third-order valence-electron chi connectivity index (χ3n) is 5.07. The summed E-state index contributed by atoms with van der Waals surface area (Å²) in [5.74, 6) is 0.203. The Bertz CT molecular complexity index is 971. The van der Waals surface area contributed by atoms with Crippen LogP contribution in [0.1, 0.15) is 26.7 Å². The van der Waals surface area contributed by atoms with Crippen molar-refractivity contribution in [3.8, 4) is 0 Å². The van der Waals surface area contributed by atoms with Crippen LogP contribution in [0.25, 0.3) is 0 Å². The van der Waals surface area contributed by atoms with E-state index in [0.717, 1.165) is 5.69 Å². The average molecular weight is 454 g/mol. The Kier molecular flexibility index (Phi) is 5.47. The summed E-state index contributed by atoms with van der Waals surface area (Å²) in [5.41, 5.74) is -0.0117. The number of nitrogens with one attached hydrogen (secondary N) is 3. The quantitative estimate of drug-likeness (QED) is 0.615. The molecule has 4 rings (SSSR count). The molecular formula is C18H20ClN5O3S2. The Morgan fingerprint density at radius 1 is 1.59 bits per heavy atom. The van der Waals surface area contributed by atoms with Crippen LogP contribution in [0.2, 0.25) is 5.02 Å². The molecule has 0 aliphatic carbocycles. The molecule has 2 fully saturated rings. The molecule has 154 valence electrons. The molecule has 29 heavy (non-hydrogen) atoms. The molecule has 2 saturated heterocycles. The lowest BCUT2D eigenvalue weighted by molar-refractivity contribution is 0.0442. The maximum atomic E-state index is 12.9. The van der Waals surface area contributed by atoms with E-state index in [2.05, 4.69) is 15.6 Å². The number of hydrogen-bond donors (Lipinski definition) is 3. The van der Waals surface area contributed by atoms with Gasteiger partial charge in [-0.3, -0.25) is 10.2 Å². The second-order valence-corrected chi connectivity index (χ2v) is 10.1. The van der Waals surface area contributed by atoms with Gasteiger partial charge in [-0.05, 0) is 25.1 Å². The van der Waals surface area contributed by atoms with Crippen LogP contribution in [0.4, 0.5) is 5.82 Å². The molecule has 0 spiro atoms. The minimum absolute atomic E-state index is 0.0564. The standard InChI is InChI=1S/C18H20ClN5O3S2/c1-10-4-3-5-14(21-10)22-16(25)12-8-11(19)15(28-12)18-6-7-27-9-13(18)29(26)24(2)17(20)23-18/h3-5,8,13H,6-7,9H2,1-2H3,(H2,20,23)(H,21,22,25). The van der Waals surface area contributed by atoms with Gasteiger partial charge in [-0.2, -0.15) is 4.31 Å². The van der Waals surface area contributed by atoms with E-state index in [1.807, 2.05) is 19.1 Å². The van der Waals surface area contributed by atoms with Gasteiger partial charge in [0.2, 0.25) is 5.96 Å². The lowest BCUT2D eigenvalue weighted by atomic mass is 9.87. The van der Waals surface area contributed by atoms with Crippen LogP contribution in [-0.2, 0) is 21.6 Å². The van der Waals surface area contributed by atoms with E-state index in [-0.39, 0.29) is 18.5 Å². The average Bonchev–Trinajstić information content (AvgIpc) is 3.09. The van der Waals surface area contributed by atoms with Gasteiger partial charge in [0.05, 0.1) is 39.8 Å². The summed E-state index contributed by atoms with van der Waals surface area (Å²) in [6, 6.07) is 7.00. The van der Waals surface area contributed by atoms with Crippen LogP contribution >= 0.6 is 22.9 Å². The highest BCUT2D eigenvalue weighted by Gasteiger charge is 2.57. The lowest BCUT2D eigenvalue weighted by Crippen LogP contribution is -2.69. The number of ether oxygens (including phenoxy) is 1. The van der Waals surface area contributed by atoms with E-state index in [1.54, 1.807) is 19.2 Å². The van der Waals surface area contributed by atoms with Crippen molar-refractivity contribution in [1.29, 1.82) is 5.41 Å². The summed E-state index contributed by atoms with van der Waals surface area (Å²) in [6.07, 6.45) is 0.500. The van der Waals surface area contributed by atoms with Crippen molar-refractivity contribution < 1.29 is 14.1 Å². The highest BCUT2D eigenvalue weighted by Crippen LogP contribution is 2.46. The zero-order valence-corrected chi connectivity index (χ0v) is 18.2. The van der Waals surface area contributed by atoms with Crippen LogP contribution in [0, 0.1) is 12.3 Å². The maximum Gasteiger partial charge on any atom is 0.266 e. The number of nitrogens with zero attached hydrogens (tertiary/aromatic N) is 2. The van der Waals surface area contributed by atoms with Crippen LogP contribution in [-0.4, -0.2) is 51.2 Å². The summed E-state index contributed by atoms with van der Waals surface area (Å²) in [4.78, 5) is 18.2. The summed E-state index contributed by atoms with van der Waals surface area (Å²) >= 11 is 6.33. The molecule has 1 amide bonds. The van der Waals surface area contributed by atoms with Crippen molar-refractivity contribution in [3.63, 3.8) is 0 Å². The van der Waals surface area contributed by atoms with Gasteiger partial charge >= 0.3 is 0 Å². The number of rotatable bonds is 3. The molecule has 3 atom stereocenters. The van der Waals surface area contributed by atoms with Gasteiger partial charge < -0.3 is 19.9 Å². The molecule has 0 bridgehead atoms. The van der Waals surface area contributed by atoms with Gasteiger partial charge in [-0.1, -0.05) is 17.7 Å². The molecule has 2 aliphatic rings. The molecular weight excluding hydrogens is 434 g/mol. The first-order chi connectivity index (χ1) is 13.8. The fourth-order valence-electron chi connectivity index (χ4n) is 3.56. The van der Waals surface area contributed by atoms with Gasteiger partial charge in [0, 0.05) is 18.7 Å². The van der Waals surface area contributed by atoms with Crippen LogP contribution in [0.15, 0.2) is 24.3 Å². The number of guanidine groups is 1. The van der Waals surface area contributed by atoms with E-state index in [4.69, 9.17) is 21.7 Å². The predicted molar refractivity (Wildman–Crippen MR) is 114 cm³/mol. The molecule has 3 N–H and O–H groups in total. The molecule has 0 aromatic carbocycles. The van der Waals surface area contributed by atoms with E-state index in [9.17, 15) is 9.35 Å². The molecule has 4 heterocycles. The Morgan fingerprint density at radius 3 is 3.14 bits per heavy atom. The topological polar surface area (TPSA) is 113 Å². The molecule has 8 nitrogen and oxygen atoms in total. The number of aromatic nitrogens is 1. The fourth-order valence-corrected chi connectivity index (χ4v) is 6.73. The van der Waals surface area contributed by atoms with Gasteiger partial charge in [0.25, 0.3) is 5.91 Å². The first-order valence-corrected chi connectivity index (χ1v) is 11.3. The molecule has 0 radical (unpaired) electrons. The van der Waals surface area contributed by atoms with Crippen molar-refractivity contribution >= 4 is 52.0 Å². The van der Waals surface area contributed by atoms with Crippen molar-refractivity contribution in [2.24, 2.45) is 0 Å². The number of hydrogen-bond acceptors (Lipinski definition) is 6. The molecule has 2 aromatic rings. The molecule has 11 heteroatoms. The maximum absolute atomic E-state index is 12.9. The highest BCUT2D eigenvalue weighted by molar-refractivity contribution is 7.90. The zero-order chi connectivity index (χ0) is 20.8. The summed E-state index contributed by atoms with van der Waals surface area (Å²) in [6.45, 7) is 2.57. The number of carbonyl (C=O) groups excluding carboxylic acids is 1. The number of amides is 1. The van der Waals surface area contributed by atoms with Gasteiger partial charge in [0.1, 0.15) is 11.4 Å². The van der Waals surface area contributed by atoms with E-state index >= 15 is 0 Å². The number of aryl methyl sites for hydroxylation is 1. The fraction of sp³-hybridized carbons (Fsp3) is 0.389. The van der Waals surface area contributed by atoms with Gasteiger partial charge in [-0.15, -0.1) is 11.3 Å². The Balaban J connectivity index is 1.67. The number of carbonyl (C=O) groups is 1. The first-order valence-electron chi connectivity index (χ1n) is 8.95. The number of halogens is 1. The summed E-state index contributed by atoms with van der Waals surface area (Å²) in [5, 5.41) is 14.2. The van der Waals surface area contributed by atoms with Crippen molar-refractivity contribution in [2.75, 3.05) is 25.6 Å². The predicted octanol–water partition coefficient (Wildman–Crippen LogP) is 2.47. The van der Waals surface area contributed by atoms with E-state index < -0.39 is 22.2 Å². The number of fused-ring (bicyclic) bond motifs is 1. The first kappa shape index (κ1) is 20.4. The molecule has 2 aromatic heterocycles. The Labute approximate surface area is 180 Å². The normalized spacial score (nSPS) is 26.6. The van der Waals surface area contributed by atoms with E-state index in [0.29, 0.717) is 33.6 Å². The lowest BCUT2D eigenvalue weighted by Gasteiger charge is -2.49. The molecule has 3 unspecified atom stereocenters. The number of anilines is 1. The highest BCUT2D eigenvalue weighted by atomic mass is 35.5. The largest absolute Gasteiger partial charge is 0.592 e. The SMILES string of the molecule is Cc1cccc(NC(=O)c2cc(Cl)c(C34CCOCC3[S+]([O-])N(C)C(=N)N4)s2)n1. The Hall–Kier alpha value is -1.85. The van der Waals surface area contributed by atoms with Crippen LogP contribution in [0.5, 0.6) is 0 Å². The number of pyridine rings is 1. The van der Waals surface area contributed by atoms with Crippen molar-refractivity contribution in [2.45, 2.75) is 24.1 Å². The minimum atomic E-state index is -1.46. The van der Waals surface area contributed by atoms with Gasteiger partial charge in [-0.25, -0.2) is 4.98 Å². The molecule has 2 aliphatic heterocycles. The molecule has 0 saturated carbocycles. The second-order valence-electron chi connectivity index (χ2n) is 6.94. The third kappa shape index (κ3) is 3.59. The Morgan fingerprint density at radius 2 is 2.38 bits per heavy atom. The van der Waals surface area contributed by atoms with Crippen molar-refractivity contribution in [3.05, 3.63) is 44.7 Å². The van der Waals surface area contributed by atoms with E-state index in [1.165, 1.54) is 15.6 Å². The third-order valence-corrected chi connectivity index (χ3v) is 8.54. The second kappa shape index (κ2) is 7.77. The van der Waals surface area contributed by atoms with Crippen LogP contribution < -0.4 is 10.6 Å². The number of thiophene rings is 1. The minimum Gasteiger partial charge on any atom is -0.592 e. The monoisotopic (exact) mass is 453 g/mol. The smallest absolute Gasteiger partial charge is 0.266 e. The van der Waals surface area contributed by atoms with Gasteiger partial charge in [0.15, 0.2) is 5.25 Å². The van der Waals surface area contributed by atoms with Crippen molar-refractivity contribution in [1.82, 2.24) is 14.6 Å². The summed E-state index contributed by atoms with van der Waals surface area (Å²) in [7, 11) is 1.60. The van der Waals surface area contributed by atoms with Crippen LogP contribution in [0.3, 0.4) is 0 Å². The zero-order valence-electron chi connectivity index (χ0n) is 15.8.